The van der Waals surface area contributed by atoms with E-state index < -0.39 is 0 Å². The van der Waals surface area contributed by atoms with Gasteiger partial charge in [0.25, 0.3) is 0 Å². The summed E-state index contributed by atoms with van der Waals surface area (Å²) in [6.45, 7) is 2.11. The summed E-state index contributed by atoms with van der Waals surface area (Å²) in [5.74, 6) is 5.28. The smallest absolute Gasteiger partial charge is 0.0516 e. The Morgan fingerprint density at radius 2 is 2.00 bits per heavy atom. The van der Waals surface area contributed by atoms with Gasteiger partial charge in [0, 0.05) is 0 Å². The van der Waals surface area contributed by atoms with Crippen molar-refractivity contribution in [1.82, 2.24) is 0 Å². The molecule has 0 unspecified atom stereocenters. The van der Waals surface area contributed by atoms with Crippen LogP contribution < -0.4 is 11.3 Å². The highest BCUT2D eigenvalue weighted by molar-refractivity contribution is 5.85. The summed E-state index contributed by atoms with van der Waals surface area (Å²) in [6.07, 6.45) is 1.01. The molecule has 0 atom stereocenters. The van der Waals surface area contributed by atoms with Gasteiger partial charge >= 0.3 is 0 Å². The highest BCUT2D eigenvalue weighted by Crippen LogP contribution is 2.12. The van der Waals surface area contributed by atoms with E-state index in [9.17, 15) is 0 Å². The maximum Gasteiger partial charge on any atom is 0.0516 e. The standard InChI is InChI=1S/C8H12N2.ClH/c1-2-7-5-3-4-6-8(7)10-9;/h3-6,10H,2,9H2,1H3;1H. The first-order valence-corrected chi connectivity index (χ1v) is 3.43. The fourth-order valence-electron chi connectivity index (χ4n) is 0.969. The van der Waals surface area contributed by atoms with Gasteiger partial charge in [-0.05, 0) is 18.1 Å². The second-order valence-electron chi connectivity index (χ2n) is 2.16. The molecule has 0 spiro atoms. The lowest BCUT2D eigenvalue weighted by Gasteiger charge is -2.04. The molecule has 0 saturated heterocycles. The summed E-state index contributed by atoms with van der Waals surface area (Å²) in [6, 6.07) is 8.02. The van der Waals surface area contributed by atoms with Crippen LogP contribution in [0.4, 0.5) is 5.69 Å². The van der Waals surface area contributed by atoms with Gasteiger partial charge in [-0.15, -0.1) is 12.4 Å². The summed E-state index contributed by atoms with van der Waals surface area (Å²) in [4.78, 5) is 0. The molecule has 0 bridgehead atoms. The van der Waals surface area contributed by atoms with Gasteiger partial charge in [0.2, 0.25) is 0 Å². The molecular weight excluding hydrogens is 160 g/mol. The molecule has 0 aliphatic carbocycles. The first kappa shape index (κ1) is 10.3. The van der Waals surface area contributed by atoms with Crippen LogP contribution in [0.1, 0.15) is 12.5 Å². The lowest BCUT2D eigenvalue weighted by Crippen LogP contribution is -2.08. The van der Waals surface area contributed by atoms with E-state index in [-0.39, 0.29) is 12.4 Å². The van der Waals surface area contributed by atoms with Crippen molar-refractivity contribution in [3.8, 4) is 0 Å². The van der Waals surface area contributed by atoms with Crippen LogP contribution in [-0.4, -0.2) is 0 Å². The molecule has 62 valence electrons. The zero-order valence-electron chi connectivity index (χ0n) is 6.50. The number of nitrogens with two attached hydrogens (primary N) is 1. The summed E-state index contributed by atoms with van der Waals surface area (Å²) in [5.41, 5.74) is 4.92. The molecule has 0 aliphatic heterocycles. The Bertz CT molecular complexity index is 190. The Hall–Kier alpha value is -0.730. The zero-order valence-corrected chi connectivity index (χ0v) is 7.32. The molecule has 0 aliphatic rings. The molecule has 1 rings (SSSR count). The summed E-state index contributed by atoms with van der Waals surface area (Å²) < 4.78 is 0. The SMILES string of the molecule is CCc1ccccc1NN.Cl. The monoisotopic (exact) mass is 172 g/mol. The van der Waals surface area contributed by atoms with Gasteiger partial charge in [-0.3, -0.25) is 5.84 Å². The number of hydrogen-bond donors (Lipinski definition) is 2. The minimum Gasteiger partial charge on any atom is -0.324 e. The molecule has 0 saturated carbocycles. The first-order valence-electron chi connectivity index (χ1n) is 3.43. The number of hydrogen-bond acceptors (Lipinski definition) is 2. The molecule has 11 heavy (non-hydrogen) atoms. The van der Waals surface area contributed by atoms with Crippen molar-refractivity contribution in [3.63, 3.8) is 0 Å². The first-order chi connectivity index (χ1) is 4.88. The second kappa shape index (κ2) is 4.99. The average Bonchev–Trinajstić information content (AvgIpc) is 2.04. The van der Waals surface area contributed by atoms with Crippen LogP contribution in [0.2, 0.25) is 0 Å². The maximum absolute atomic E-state index is 5.28. The van der Waals surface area contributed by atoms with E-state index in [4.69, 9.17) is 5.84 Å². The lowest BCUT2D eigenvalue weighted by atomic mass is 10.1. The third-order valence-electron chi connectivity index (χ3n) is 1.55. The Balaban J connectivity index is 0.000001000. The van der Waals surface area contributed by atoms with Crippen molar-refractivity contribution in [2.24, 2.45) is 5.84 Å². The number of nitrogens with one attached hydrogen (secondary N) is 1. The summed E-state index contributed by atoms with van der Waals surface area (Å²) in [5, 5.41) is 0. The van der Waals surface area contributed by atoms with Crippen molar-refractivity contribution in [2.45, 2.75) is 13.3 Å². The Morgan fingerprint density at radius 1 is 1.36 bits per heavy atom. The second-order valence-corrected chi connectivity index (χ2v) is 2.16. The quantitative estimate of drug-likeness (QED) is 0.529. The van der Waals surface area contributed by atoms with E-state index in [0.717, 1.165) is 12.1 Å². The molecule has 2 nitrogen and oxygen atoms in total. The van der Waals surface area contributed by atoms with Crippen molar-refractivity contribution < 1.29 is 0 Å². The molecule has 1 aromatic rings. The van der Waals surface area contributed by atoms with Crippen LogP contribution >= 0.6 is 12.4 Å². The van der Waals surface area contributed by atoms with E-state index in [1.807, 2.05) is 18.2 Å². The van der Waals surface area contributed by atoms with E-state index in [1.165, 1.54) is 5.56 Å². The average molecular weight is 173 g/mol. The third kappa shape index (κ3) is 2.41. The molecule has 3 N–H and O–H groups in total. The van der Waals surface area contributed by atoms with Gasteiger partial charge in [-0.1, -0.05) is 25.1 Å². The van der Waals surface area contributed by atoms with E-state index in [1.54, 1.807) is 0 Å². The highest BCUT2D eigenvalue weighted by Gasteiger charge is 1.93. The van der Waals surface area contributed by atoms with Crippen LogP contribution in [0.5, 0.6) is 0 Å². The topological polar surface area (TPSA) is 38.0 Å². The Kier molecular flexibility index (Phi) is 4.66. The van der Waals surface area contributed by atoms with Crippen molar-refractivity contribution in [3.05, 3.63) is 29.8 Å². The van der Waals surface area contributed by atoms with E-state index >= 15 is 0 Å². The number of benzene rings is 1. The molecule has 0 aromatic heterocycles. The minimum atomic E-state index is 0. The number of anilines is 1. The number of rotatable bonds is 2. The van der Waals surface area contributed by atoms with Crippen molar-refractivity contribution in [1.29, 1.82) is 0 Å². The zero-order chi connectivity index (χ0) is 7.40. The molecule has 0 radical (unpaired) electrons. The maximum atomic E-state index is 5.28. The fourth-order valence-corrected chi connectivity index (χ4v) is 0.969. The fraction of sp³-hybridized carbons (Fsp3) is 0.250. The molecule has 0 fully saturated rings. The summed E-state index contributed by atoms with van der Waals surface area (Å²) >= 11 is 0. The molecule has 0 amide bonds. The number of nitrogen functional groups attached to an aromatic ring is 1. The van der Waals surface area contributed by atoms with Gasteiger partial charge in [0.15, 0.2) is 0 Å². The van der Waals surface area contributed by atoms with E-state index in [0.29, 0.717) is 0 Å². The lowest BCUT2D eigenvalue weighted by molar-refractivity contribution is 1.13. The van der Waals surface area contributed by atoms with Crippen molar-refractivity contribution in [2.75, 3.05) is 5.43 Å². The Labute approximate surface area is 73.2 Å². The van der Waals surface area contributed by atoms with Gasteiger partial charge in [0.05, 0.1) is 5.69 Å². The van der Waals surface area contributed by atoms with Gasteiger partial charge in [-0.25, -0.2) is 0 Å². The highest BCUT2D eigenvalue weighted by atomic mass is 35.5. The third-order valence-corrected chi connectivity index (χ3v) is 1.55. The predicted octanol–water partition coefficient (Wildman–Crippen LogP) is 1.96. The molecular formula is C8H13ClN2. The predicted molar refractivity (Wildman–Crippen MR) is 50.9 cm³/mol. The van der Waals surface area contributed by atoms with Gasteiger partial charge in [-0.2, -0.15) is 0 Å². The number of halogens is 1. The molecule has 3 heteroatoms. The van der Waals surface area contributed by atoms with E-state index in [2.05, 4.69) is 18.4 Å². The molecule has 1 aromatic carbocycles. The van der Waals surface area contributed by atoms with Gasteiger partial charge in [0.1, 0.15) is 0 Å². The van der Waals surface area contributed by atoms with Crippen LogP contribution in [0, 0.1) is 0 Å². The summed E-state index contributed by atoms with van der Waals surface area (Å²) in [7, 11) is 0. The number of para-hydroxylation sites is 1. The van der Waals surface area contributed by atoms with Crippen molar-refractivity contribution >= 4 is 18.1 Å². The van der Waals surface area contributed by atoms with Gasteiger partial charge < -0.3 is 5.43 Å². The Morgan fingerprint density at radius 3 is 2.45 bits per heavy atom. The normalized spacial score (nSPS) is 8.55. The number of aryl methyl sites for hydroxylation is 1. The van der Waals surface area contributed by atoms with Crippen LogP contribution in [0.3, 0.4) is 0 Å². The molecule has 0 heterocycles. The largest absolute Gasteiger partial charge is 0.324 e. The van der Waals surface area contributed by atoms with Crippen LogP contribution in [-0.2, 0) is 6.42 Å². The van der Waals surface area contributed by atoms with Crippen LogP contribution in [0.25, 0.3) is 0 Å². The minimum absolute atomic E-state index is 0. The van der Waals surface area contributed by atoms with Crippen LogP contribution in [0.15, 0.2) is 24.3 Å². The number of hydrazine groups is 1.